The van der Waals surface area contributed by atoms with E-state index in [0.29, 0.717) is 0 Å². The average molecular weight is 176 g/mol. The molecular weight excluding hydrogens is 160 g/mol. The summed E-state index contributed by atoms with van der Waals surface area (Å²) in [4.78, 5) is 0. The van der Waals surface area contributed by atoms with Gasteiger partial charge in [0.1, 0.15) is 11.4 Å². The quantitative estimate of drug-likeness (QED) is 0.671. The Morgan fingerprint density at radius 1 is 1.15 bits per heavy atom. The fourth-order valence-corrected chi connectivity index (χ4v) is 1.67. The van der Waals surface area contributed by atoms with E-state index < -0.39 is 0 Å². The van der Waals surface area contributed by atoms with Gasteiger partial charge in [-0.2, -0.15) is 0 Å². The van der Waals surface area contributed by atoms with E-state index in [2.05, 4.69) is 38.1 Å². The second-order valence-corrected chi connectivity index (χ2v) is 4.22. The normalized spacial score (nSPS) is 19.2. The maximum absolute atomic E-state index is 5.89. The van der Waals surface area contributed by atoms with Crippen LogP contribution in [0.1, 0.15) is 31.7 Å². The molecule has 0 heterocycles. The number of rotatable bonds is 2. The topological polar surface area (TPSA) is 9.23 Å². The summed E-state index contributed by atoms with van der Waals surface area (Å²) in [5, 5.41) is 0. The number of hydrogen-bond donors (Lipinski definition) is 0. The molecule has 70 valence electrons. The second-order valence-electron chi connectivity index (χ2n) is 4.22. The average Bonchev–Trinajstić information content (AvgIpc) is 2.06. The molecule has 0 amide bonds. The van der Waals surface area contributed by atoms with Gasteiger partial charge in [-0.1, -0.05) is 17.7 Å². The summed E-state index contributed by atoms with van der Waals surface area (Å²) in [5.41, 5.74) is 1.40. The molecule has 0 N–H and O–H groups in total. The van der Waals surface area contributed by atoms with Gasteiger partial charge >= 0.3 is 0 Å². The molecule has 1 aliphatic rings. The van der Waals surface area contributed by atoms with Gasteiger partial charge in [-0.15, -0.1) is 0 Å². The summed E-state index contributed by atoms with van der Waals surface area (Å²) in [5.74, 6) is 1.01. The lowest BCUT2D eigenvalue weighted by atomic mass is 9.82. The van der Waals surface area contributed by atoms with Crippen molar-refractivity contribution in [3.05, 3.63) is 29.8 Å². The Morgan fingerprint density at radius 3 is 2.23 bits per heavy atom. The number of hydrogen-bond acceptors (Lipinski definition) is 1. The lowest BCUT2D eigenvalue weighted by molar-refractivity contribution is 0.0113. The third-order valence-electron chi connectivity index (χ3n) is 2.80. The minimum atomic E-state index is 0.120. The first-order valence-corrected chi connectivity index (χ1v) is 4.94. The highest BCUT2D eigenvalue weighted by Crippen LogP contribution is 2.35. The Labute approximate surface area is 79.7 Å². The van der Waals surface area contributed by atoms with E-state index >= 15 is 0 Å². The molecular formula is C12H16O. The summed E-state index contributed by atoms with van der Waals surface area (Å²) in [7, 11) is 0. The predicted octanol–water partition coefficient (Wildman–Crippen LogP) is 3.32. The van der Waals surface area contributed by atoms with Gasteiger partial charge < -0.3 is 4.74 Å². The van der Waals surface area contributed by atoms with E-state index in [4.69, 9.17) is 4.74 Å². The highest BCUT2D eigenvalue weighted by Gasteiger charge is 2.33. The van der Waals surface area contributed by atoms with E-state index in [-0.39, 0.29) is 5.60 Å². The third kappa shape index (κ3) is 1.85. The van der Waals surface area contributed by atoms with E-state index in [0.717, 1.165) is 5.75 Å². The van der Waals surface area contributed by atoms with Crippen molar-refractivity contribution >= 4 is 0 Å². The maximum Gasteiger partial charge on any atom is 0.120 e. The highest BCUT2D eigenvalue weighted by molar-refractivity contribution is 5.27. The monoisotopic (exact) mass is 176 g/mol. The van der Waals surface area contributed by atoms with Crippen LogP contribution in [0, 0.1) is 6.92 Å². The van der Waals surface area contributed by atoms with E-state index in [9.17, 15) is 0 Å². The Bertz CT molecular complexity index is 282. The number of benzene rings is 1. The van der Waals surface area contributed by atoms with Crippen molar-refractivity contribution in [2.24, 2.45) is 0 Å². The zero-order chi connectivity index (χ0) is 9.31. The number of aryl methyl sites for hydroxylation is 1. The van der Waals surface area contributed by atoms with Gasteiger partial charge in [-0.25, -0.2) is 0 Å². The van der Waals surface area contributed by atoms with Crippen LogP contribution in [0.15, 0.2) is 24.3 Å². The molecule has 1 aromatic carbocycles. The van der Waals surface area contributed by atoms with E-state index in [1.165, 1.54) is 24.8 Å². The third-order valence-corrected chi connectivity index (χ3v) is 2.80. The molecule has 13 heavy (non-hydrogen) atoms. The molecule has 1 nitrogen and oxygen atoms in total. The van der Waals surface area contributed by atoms with E-state index in [1.54, 1.807) is 0 Å². The Balaban J connectivity index is 2.05. The fourth-order valence-electron chi connectivity index (χ4n) is 1.67. The Hall–Kier alpha value is -0.980. The highest BCUT2D eigenvalue weighted by atomic mass is 16.5. The standard InChI is InChI=1S/C12H16O/c1-10-4-6-11(7-5-10)13-12(2)8-3-9-12/h4-7H,3,8-9H2,1-2H3. The van der Waals surface area contributed by atoms with E-state index in [1.807, 2.05) is 0 Å². The molecule has 1 aliphatic carbocycles. The maximum atomic E-state index is 5.89. The van der Waals surface area contributed by atoms with Crippen molar-refractivity contribution in [3.8, 4) is 5.75 Å². The zero-order valence-electron chi connectivity index (χ0n) is 8.34. The van der Waals surface area contributed by atoms with Crippen LogP contribution in [0.3, 0.4) is 0 Å². The summed E-state index contributed by atoms with van der Waals surface area (Å²) >= 11 is 0. The van der Waals surface area contributed by atoms with Gasteiger partial charge in [0.15, 0.2) is 0 Å². The Kier molecular flexibility index (Phi) is 2.03. The minimum absolute atomic E-state index is 0.120. The van der Waals surface area contributed by atoms with Crippen molar-refractivity contribution in [2.75, 3.05) is 0 Å². The first-order valence-electron chi connectivity index (χ1n) is 4.94. The first-order chi connectivity index (χ1) is 6.18. The van der Waals surface area contributed by atoms with Crippen LogP contribution < -0.4 is 4.74 Å². The van der Waals surface area contributed by atoms with Gasteiger partial charge in [-0.05, 0) is 45.2 Å². The smallest absolute Gasteiger partial charge is 0.120 e. The van der Waals surface area contributed by atoms with Crippen LogP contribution in [0.4, 0.5) is 0 Å². The molecule has 0 bridgehead atoms. The molecule has 0 spiro atoms. The molecule has 1 fully saturated rings. The van der Waals surface area contributed by atoms with Crippen molar-refractivity contribution in [1.29, 1.82) is 0 Å². The first kappa shape index (κ1) is 8.61. The van der Waals surface area contributed by atoms with Gasteiger partial charge in [0.2, 0.25) is 0 Å². The lowest BCUT2D eigenvalue weighted by Gasteiger charge is -2.38. The molecule has 0 unspecified atom stereocenters. The lowest BCUT2D eigenvalue weighted by Crippen LogP contribution is -2.39. The molecule has 1 aromatic rings. The summed E-state index contributed by atoms with van der Waals surface area (Å²) in [6, 6.07) is 8.30. The Morgan fingerprint density at radius 2 is 1.77 bits per heavy atom. The zero-order valence-corrected chi connectivity index (χ0v) is 8.34. The molecule has 0 aromatic heterocycles. The molecule has 0 aliphatic heterocycles. The van der Waals surface area contributed by atoms with Crippen molar-refractivity contribution < 1.29 is 4.74 Å². The predicted molar refractivity (Wildman–Crippen MR) is 54.1 cm³/mol. The van der Waals surface area contributed by atoms with Gasteiger partial charge in [0.05, 0.1) is 0 Å². The molecule has 0 saturated heterocycles. The summed E-state index contributed by atoms with van der Waals surface area (Å²) in [6.45, 7) is 4.28. The van der Waals surface area contributed by atoms with Crippen LogP contribution in [0.25, 0.3) is 0 Å². The SMILES string of the molecule is Cc1ccc(OC2(C)CCC2)cc1. The summed E-state index contributed by atoms with van der Waals surface area (Å²) in [6.07, 6.45) is 3.70. The molecule has 2 rings (SSSR count). The number of ether oxygens (including phenoxy) is 1. The van der Waals surface area contributed by atoms with Crippen LogP contribution in [0.5, 0.6) is 5.75 Å². The van der Waals surface area contributed by atoms with Gasteiger partial charge in [0, 0.05) is 0 Å². The molecule has 0 atom stereocenters. The second kappa shape index (κ2) is 3.06. The van der Waals surface area contributed by atoms with Crippen molar-refractivity contribution in [3.63, 3.8) is 0 Å². The molecule has 1 heteroatoms. The fraction of sp³-hybridized carbons (Fsp3) is 0.500. The van der Waals surface area contributed by atoms with Gasteiger partial charge in [0.25, 0.3) is 0 Å². The van der Waals surface area contributed by atoms with Crippen LogP contribution in [-0.2, 0) is 0 Å². The molecule has 0 radical (unpaired) electrons. The van der Waals surface area contributed by atoms with Crippen LogP contribution in [-0.4, -0.2) is 5.60 Å². The molecule has 1 saturated carbocycles. The van der Waals surface area contributed by atoms with Crippen molar-refractivity contribution in [2.45, 2.75) is 38.7 Å². The van der Waals surface area contributed by atoms with Crippen LogP contribution >= 0.6 is 0 Å². The van der Waals surface area contributed by atoms with Crippen LogP contribution in [0.2, 0.25) is 0 Å². The van der Waals surface area contributed by atoms with Crippen molar-refractivity contribution in [1.82, 2.24) is 0 Å². The largest absolute Gasteiger partial charge is 0.488 e. The summed E-state index contributed by atoms with van der Waals surface area (Å²) < 4.78 is 5.89. The minimum Gasteiger partial charge on any atom is -0.488 e. The van der Waals surface area contributed by atoms with Gasteiger partial charge in [-0.3, -0.25) is 0 Å².